The number of hydrogen-bond acceptors (Lipinski definition) is 6. The standard InChI is InChI=1S/C14H20N4O3S.C2HF3O2/c1-17-14-10-18(9-11-4-3-7-21-11)6-5-12(14)13(16-17)8-15-22(2,19)20;3-2(4,5)1(6)7/h3-4,7,15H,5-6,8-10H2,1-2H3;(H,6,7). The molecule has 3 rings (SSSR count). The first-order valence-corrected chi connectivity index (χ1v) is 10.3. The third-order valence-electron chi connectivity index (χ3n) is 4.11. The van der Waals surface area contributed by atoms with Crippen LogP contribution in [0, 0.1) is 0 Å². The van der Waals surface area contributed by atoms with Crippen LogP contribution in [-0.2, 0) is 47.9 Å². The van der Waals surface area contributed by atoms with E-state index in [1.165, 1.54) is 0 Å². The molecule has 0 bridgehead atoms. The van der Waals surface area contributed by atoms with E-state index in [-0.39, 0.29) is 6.54 Å². The number of aliphatic carboxylic acids is 1. The van der Waals surface area contributed by atoms with Gasteiger partial charge >= 0.3 is 12.1 Å². The van der Waals surface area contributed by atoms with E-state index < -0.39 is 22.2 Å². The highest BCUT2D eigenvalue weighted by Gasteiger charge is 2.38. The number of halogens is 3. The molecule has 1 aliphatic rings. The van der Waals surface area contributed by atoms with Crippen molar-refractivity contribution < 1.29 is 35.9 Å². The average Bonchev–Trinajstić information content (AvgIpc) is 3.20. The topological polar surface area (TPSA) is 118 Å². The molecule has 0 saturated heterocycles. The second-order valence-corrected chi connectivity index (χ2v) is 8.26. The minimum absolute atomic E-state index is 0.250. The van der Waals surface area contributed by atoms with Crippen LogP contribution in [0.15, 0.2) is 22.8 Å². The summed E-state index contributed by atoms with van der Waals surface area (Å²) in [7, 11) is -1.30. The van der Waals surface area contributed by atoms with Crippen LogP contribution in [0.2, 0.25) is 0 Å². The Kier molecular flexibility index (Phi) is 7.08. The summed E-state index contributed by atoms with van der Waals surface area (Å²) in [6.45, 7) is 2.72. The van der Waals surface area contributed by atoms with Crippen molar-refractivity contribution in [2.75, 3.05) is 12.8 Å². The number of aromatic nitrogens is 2. The minimum Gasteiger partial charge on any atom is -0.475 e. The Morgan fingerprint density at radius 2 is 2.07 bits per heavy atom. The van der Waals surface area contributed by atoms with Gasteiger partial charge in [-0.25, -0.2) is 17.9 Å². The molecule has 0 unspecified atom stereocenters. The zero-order chi connectivity index (χ0) is 21.8. The lowest BCUT2D eigenvalue weighted by Crippen LogP contribution is -2.31. The Bertz CT molecular complexity index is 939. The van der Waals surface area contributed by atoms with Gasteiger partial charge in [-0.1, -0.05) is 0 Å². The molecule has 3 heterocycles. The van der Waals surface area contributed by atoms with Crippen molar-refractivity contribution in [3.05, 3.63) is 41.1 Å². The van der Waals surface area contributed by atoms with Gasteiger partial charge in [0.2, 0.25) is 10.0 Å². The predicted molar refractivity (Wildman–Crippen MR) is 95.1 cm³/mol. The normalized spacial score (nSPS) is 14.8. The Hall–Kier alpha value is -2.38. The maximum atomic E-state index is 11.2. The van der Waals surface area contributed by atoms with Crippen LogP contribution in [-0.4, -0.2) is 53.2 Å². The summed E-state index contributed by atoms with van der Waals surface area (Å²) in [6, 6.07) is 3.87. The number of alkyl halides is 3. The third-order valence-corrected chi connectivity index (χ3v) is 4.78. The van der Waals surface area contributed by atoms with Gasteiger partial charge in [-0.3, -0.25) is 9.58 Å². The molecule has 9 nitrogen and oxygen atoms in total. The molecule has 29 heavy (non-hydrogen) atoms. The number of aryl methyl sites for hydroxylation is 1. The van der Waals surface area contributed by atoms with E-state index >= 15 is 0 Å². The van der Waals surface area contributed by atoms with E-state index in [1.54, 1.807) is 6.26 Å². The van der Waals surface area contributed by atoms with Gasteiger partial charge < -0.3 is 9.52 Å². The molecular weight excluding hydrogens is 417 g/mol. The molecule has 2 aromatic heterocycles. The zero-order valence-corrected chi connectivity index (χ0v) is 16.5. The second kappa shape index (κ2) is 8.97. The van der Waals surface area contributed by atoms with Gasteiger partial charge in [0.15, 0.2) is 0 Å². The molecule has 0 atom stereocenters. The Morgan fingerprint density at radius 3 is 2.59 bits per heavy atom. The smallest absolute Gasteiger partial charge is 0.475 e. The van der Waals surface area contributed by atoms with E-state index in [9.17, 15) is 21.6 Å². The summed E-state index contributed by atoms with van der Waals surface area (Å²) in [5, 5.41) is 11.6. The average molecular weight is 438 g/mol. The molecule has 0 spiro atoms. The number of carboxylic acid groups (broad SMARTS) is 1. The first-order valence-electron chi connectivity index (χ1n) is 8.40. The van der Waals surface area contributed by atoms with Crippen LogP contribution < -0.4 is 4.72 Å². The number of rotatable bonds is 5. The molecule has 0 saturated carbocycles. The summed E-state index contributed by atoms with van der Waals surface area (Å²) in [6.07, 6.45) is -1.37. The zero-order valence-electron chi connectivity index (χ0n) is 15.7. The maximum Gasteiger partial charge on any atom is 0.490 e. The number of nitrogens with one attached hydrogen (secondary N) is 1. The van der Waals surface area contributed by atoms with Crippen LogP contribution in [0.5, 0.6) is 0 Å². The quantitative estimate of drug-likeness (QED) is 0.722. The van der Waals surface area contributed by atoms with Crippen LogP contribution in [0.25, 0.3) is 0 Å². The Morgan fingerprint density at radius 1 is 1.41 bits per heavy atom. The largest absolute Gasteiger partial charge is 0.490 e. The Balaban J connectivity index is 0.000000370. The molecule has 0 aromatic carbocycles. The number of carbonyl (C=O) groups is 1. The Labute approximate surface area is 165 Å². The van der Waals surface area contributed by atoms with E-state index in [0.717, 1.165) is 55.0 Å². The lowest BCUT2D eigenvalue weighted by atomic mass is 10.0. The van der Waals surface area contributed by atoms with Crippen molar-refractivity contribution in [1.82, 2.24) is 19.4 Å². The summed E-state index contributed by atoms with van der Waals surface area (Å²) < 4.78 is 64.0. The molecule has 1 aliphatic heterocycles. The molecule has 0 amide bonds. The van der Waals surface area contributed by atoms with Gasteiger partial charge in [0.25, 0.3) is 0 Å². The van der Waals surface area contributed by atoms with Gasteiger partial charge in [0.1, 0.15) is 5.76 Å². The molecule has 0 fully saturated rings. The minimum atomic E-state index is -5.08. The number of carboxylic acids is 1. The maximum absolute atomic E-state index is 11.2. The summed E-state index contributed by atoms with van der Waals surface area (Å²) in [4.78, 5) is 11.2. The number of fused-ring (bicyclic) bond motifs is 1. The van der Waals surface area contributed by atoms with Crippen molar-refractivity contribution in [3.63, 3.8) is 0 Å². The molecule has 0 radical (unpaired) electrons. The highest BCUT2D eigenvalue weighted by atomic mass is 32.2. The van der Waals surface area contributed by atoms with Crippen LogP contribution in [0.4, 0.5) is 13.2 Å². The van der Waals surface area contributed by atoms with Crippen molar-refractivity contribution in [1.29, 1.82) is 0 Å². The van der Waals surface area contributed by atoms with Crippen LogP contribution in [0.3, 0.4) is 0 Å². The van der Waals surface area contributed by atoms with Crippen molar-refractivity contribution >= 4 is 16.0 Å². The molecule has 2 aromatic rings. The van der Waals surface area contributed by atoms with E-state index in [1.807, 2.05) is 23.9 Å². The monoisotopic (exact) mass is 438 g/mol. The highest BCUT2D eigenvalue weighted by Crippen LogP contribution is 2.23. The van der Waals surface area contributed by atoms with Gasteiger partial charge in [0.05, 0.1) is 37.0 Å². The third kappa shape index (κ3) is 6.87. The van der Waals surface area contributed by atoms with E-state index in [2.05, 4.69) is 14.7 Å². The van der Waals surface area contributed by atoms with Crippen LogP contribution >= 0.6 is 0 Å². The molecule has 162 valence electrons. The summed E-state index contributed by atoms with van der Waals surface area (Å²) in [5.41, 5.74) is 3.12. The lowest BCUT2D eigenvalue weighted by Gasteiger charge is -2.26. The number of sulfonamides is 1. The number of furan rings is 1. The first-order chi connectivity index (χ1) is 13.4. The SMILES string of the molecule is Cn1nc(CNS(C)(=O)=O)c2c1CN(Cc1ccco1)CC2.O=C(O)C(F)(F)F. The highest BCUT2D eigenvalue weighted by molar-refractivity contribution is 7.88. The van der Waals surface area contributed by atoms with Crippen LogP contribution in [0.1, 0.15) is 22.7 Å². The van der Waals surface area contributed by atoms with Crippen molar-refractivity contribution in [3.8, 4) is 0 Å². The van der Waals surface area contributed by atoms with Gasteiger partial charge in [-0.15, -0.1) is 0 Å². The molecule has 13 heteroatoms. The molecule has 0 aliphatic carbocycles. The van der Waals surface area contributed by atoms with E-state index in [0.29, 0.717) is 0 Å². The van der Waals surface area contributed by atoms with Gasteiger partial charge in [0, 0.05) is 25.7 Å². The fourth-order valence-corrected chi connectivity index (χ4v) is 3.21. The van der Waals surface area contributed by atoms with Gasteiger partial charge in [-0.05, 0) is 18.6 Å². The van der Waals surface area contributed by atoms with Crippen molar-refractivity contribution in [2.24, 2.45) is 7.05 Å². The second-order valence-electron chi connectivity index (χ2n) is 6.43. The predicted octanol–water partition coefficient (Wildman–Crippen LogP) is 1.25. The number of nitrogens with zero attached hydrogens (tertiary/aromatic N) is 3. The first kappa shape index (κ1) is 22.9. The number of hydrogen-bond donors (Lipinski definition) is 2. The molecule has 2 N–H and O–H groups in total. The van der Waals surface area contributed by atoms with Gasteiger partial charge in [-0.2, -0.15) is 18.3 Å². The fraction of sp³-hybridized carbons (Fsp3) is 0.500. The lowest BCUT2D eigenvalue weighted by molar-refractivity contribution is -0.192. The van der Waals surface area contributed by atoms with Crippen molar-refractivity contribution in [2.45, 2.75) is 32.2 Å². The molecular formula is C16H21F3N4O5S. The summed E-state index contributed by atoms with van der Waals surface area (Å²) in [5.74, 6) is -1.81. The van der Waals surface area contributed by atoms with E-state index in [4.69, 9.17) is 14.3 Å². The fourth-order valence-electron chi connectivity index (χ4n) is 2.81. The summed E-state index contributed by atoms with van der Waals surface area (Å²) >= 11 is 0.